The van der Waals surface area contributed by atoms with Crippen molar-refractivity contribution in [2.45, 2.75) is 46.6 Å². The highest BCUT2D eigenvalue weighted by Gasteiger charge is 2.40. The Labute approximate surface area is 87.6 Å². The fourth-order valence-corrected chi connectivity index (χ4v) is 2.70. The predicted octanol–water partition coefficient (Wildman–Crippen LogP) is 2.46. The zero-order chi connectivity index (χ0) is 11.5. The number of nitrogens with zero attached hydrogens (tertiary/aromatic N) is 1. The van der Waals surface area contributed by atoms with E-state index in [1.54, 1.807) is 11.9 Å². The average Bonchev–Trinajstić information content (AvgIpc) is 2.04. The molecule has 0 spiro atoms. The third kappa shape index (κ3) is 2.02. The van der Waals surface area contributed by atoms with Gasteiger partial charge in [-0.25, -0.2) is 4.79 Å². The number of hydrogen-bond donors (Lipinski definition) is 1. The van der Waals surface area contributed by atoms with E-state index in [0.717, 1.165) is 6.42 Å². The molecular formula is C11H24N2O. The molecule has 0 saturated carbocycles. The van der Waals surface area contributed by atoms with Crippen molar-refractivity contribution in [1.82, 2.24) is 4.90 Å². The van der Waals surface area contributed by atoms with Crippen molar-refractivity contribution in [3.8, 4) is 0 Å². The summed E-state index contributed by atoms with van der Waals surface area (Å²) in [6.07, 6.45) is 0.932. The Morgan fingerprint density at radius 2 is 1.64 bits per heavy atom. The van der Waals surface area contributed by atoms with Crippen LogP contribution in [-0.2, 0) is 0 Å². The molecule has 0 aliphatic heterocycles. The molecule has 0 saturated heterocycles. The zero-order valence-electron chi connectivity index (χ0n) is 10.3. The van der Waals surface area contributed by atoms with Crippen LogP contribution in [0.4, 0.5) is 4.79 Å². The molecule has 0 aromatic carbocycles. The van der Waals surface area contributed by atoms with Crippen molar-refractivity contribution in [3.63, 3.8) is 0 Å². The second-order valence-electron chi connectivity index (χ2n) is 4.55. The minimum absolute atomic E-state index is 0.119. The molecule has 0 aromatic rings. The number of hydrogen-bond acceptors (Lipinski definition) is 1. The zero-order valence-corrected chi connectivity index (χ0v) is 10.3. The summed E-state index contributed by atoms with van der Waals surface area (Å²) in [6, 6.07) is -0.339. The second-order valence-corrected chi connectivity index (χ2v) is 4.55. The van der Waals surface area contributed by atoms with Gasteiger partial charge in [0.25, 0.3) is 0 Å². The first-order chi connectivity index (χ1) is 6.30. The number of nitrogens with two attached hydrogens (primary N) is 1. The van der Waals surface area contributed by atoms with Crippen LogP contribution in [0.1, 0.15) is 41.0 Å². The summed E-state index contributed by atoms with van der Waals surface area (Å²) in [5.74, 6) is 0.815. The van der Waals surface area contributed by atoms with Gasteiger partial charge in [0.1, 0.15) is 0 Å². The van der Waals surface area contributed by atoms with E-state index in [0.29, 0.717) is 11.8 Å². The molecule has 2 amide bonds. The monoisotopic (exact) mass is 200 g/mol. The summed E-state index contributed by atoms with van der Waals surface area (Å²) in [6.45, 7) is 10.7. The van der Waals surface area contributed by atoms with Gasteiger partial charge >= 0.3 is 6.03 Å². The Hall–Kier alpha value is -0.730. The second kappa shape index (κ2) is 4.67. The molecule has 2 N–H and O–H groups in total. The van der Waals surface area contributed by atoms with E-state index < -0.39 is 0 Å². The van der Waals surface area contributed by atoms with Gasteiger partial charge in [-0.1, -0.05) is 34.6 Å². The Bertz CT molecular complexity index is 191. The van der Waals surface area contributed by atoms with Crippen molar-refractivity contribution in [1.29, 1.82) is 0 Å². The van der Waals surface area contributed by atoms with Crippen LogP contribution in [0.3, 0.4) is 0 Å². The number of carbonyl (C=O) groups excluding carboxylic acids is 1. The standard InChI is InChI=1S/C11H24N2O/c1-7-11(8(2)3,9(4)5)13(6)10(12)14/h8-9H,7H2,1-6H3,(H2,12,14). The van der Waals surface area contributed by atoms with Gasteiger partial charge in [0.2, 0.25) is 0 Å². The molecule has 0 aromatic heterocycles. The van der Waals surface area contributed by atoms with Gasteiger partial charge in [-0.15, -0.1) is 0 Å². The van der Waals surface area contributed by atoms with Crippen LogP contribution < -0.4 is 5.73 Å². The summed E-state index contributed by atoms with van der Waals surface area (Å²) in [5, 5.41) is 0. The van der Waals surface area contributed by atoms with E-state index in [9.17, 15) is 4.79 Å². The summed E-state index contributed by atoms with van der Waals surface area (Å²) in [4.78, 5) is 13.0. The van der Waals surface area contributed by atoms with Crippen molar-refractivity contribution >= 4 is 6.03 Å². The molecule has 0 bridgehead atoms. The average molecular weight is 200 g/mol. The largest absolute Gasteiger partial charge is 0.351 e. The molecule has 0 unspecified atom stereocenters. The van der Waals surface area contributed by atoms with E-state index in [-0.39, 0.29) is 11.6 Å². The van der Waals surface area contributed by atoms with Crippen LogP contribution in [0.2, 0.25) is 0 Å². The van der Waals surface area contributed by atoms with E-state index in [2.05, 4.69) is 34.6 Å². The Kier molecular flexibility index (Phi) is 4.43. The van der Waals surface area contributed by atoms with Gasteiger partial charge in [0.05, 0.1) is 0 Å². The predicted molar refractivity (Wildman–Crippen MR) is 60.0 cm³/mol. The number of rotatable bonds is 4. The fourth-order valence-electron chi connectivity index (χ4n) is 2.70. The lowest BCUT2D eigenvalue weighted by molar-refractivity contribution is 0.0508. The van der Waals surface area contributed by atoms with Gasteiger partial charge in [-0.2, -0.15) is 0 Å². The Morgan fingerprint density at radius 3 is 1.71 bits per heavy atom. The maximum Gasteiger partial charge on any atom is 0.315 e. The molecule has 3 heteroatoms. The first-order valence-corrected chi connectivity index (χ1v) is 5.33. The van der Waals surface area contributed by atoms with Crippen LogP contribution in [0, 0.1) is 11.8 Å². The molecule has 0 aliphatic rings. The normalized spacial score (nSPS) is 12.3. The van der Waals surface area contributed by atoms with Crippen molar-refractivity contribution in [2.75, 3.05) is 7.05 Å². The van der Waals surface area contributed by atoms with Crippen molar-refractivity contribution in [3.05, 3.63) is 0 Å². The summed E-state index contributed by atoms with van der Waals surface area (Å²) < 4.78 is 0. The first-order valence-electron chi connectivity index (χ1n) is 5.33. The summed E-state index contributed by atoms with van der Waals surface area (Å²) >= 11 is 0. The van der Waals surface area contributed by atoms with Gasteiger partial charge in [0, 0.05) is 12.6 Å². The van der Waals surface area contributed by atoms with Gasteiger partial charge in [-0.3, -0.25) is 0 Å². The van der Waals surface area contributed by atoms with Gasteiger partial charge in [-0.05, 0) is 18.3 Å². The quantitative estimate of drug-likeness (QED) is 0.744. The molecule has 14 heavy (non-hydrogen) atoms. The highest BCUT2D eigenvalue weighted by molar-refractivity contribution is 5.72. The lowest BCUT2D eigenvalue weighted by atomic mass is 9.74. The maximum absolute atomic E-state index is 11.3. The molecule has 84 valence electrons. The Morgan fingerprint density at radius 1 is 1.29 bits per heavy atom. The first kappa shape index (κ1) is 13.3. The summed E-state index contributed by atoms with van der Waals surface area (Å²) in [7, 11) is 1.80. The van der Waals surface area contributed by atoms with Crippen LogP contribution in [0.25, 0.3) is 0 Å². The van der Waals surface area contributed by atoms with Gasteiger partial charge in [0.15, 0.2) is 0 Å². The number of carbonyl (C=O) groups is 1. The van der Waals surface area contributed by atoms with Crippen molar-refractivity contribution < 1.29 is 4.79 Å². The highest BCUT2D eigenvalue weighted by atomic mass is 16.2. The molecule has 0 fully saturated rings. The topological polar surface area (TPSA) is 46.3 Å². The maximum atomic E-state index is 11.3. The van der Waals surface area contributed by atoms with Gasteiger partial charge < -0.3 is 10.6 Å². The van der Waals surface area contributed by atoms with Crippen LogP contribution in [0.15, 0.2) is 0 Å². The molecule has 0 rings (SSSR count). The fraction of sp³-hybridized carbons (Fsp3) is 0.909. The minimum atomic E-state index is -0.339. The molecule has 0 heterocycles. The highest BCUT2D eigenvalue weighted by Crippen LogP contribution is 2.34. The smallest absolute Gasteiger partial charge is 0.315 e. The van der Waals surface area contributed by atoms with Crippen LogP contribution in [-0.4, -0.2) is 23.5 Å². The number of urea groups is 1. The lowest BCUT2D eigenvalue weighted by Crippen LogP contribution is -2.57. The number of amides is 2. The number of primary amides is 1. The van der Waals surface area contributed by atoms with E-state index in [1.165, 1.54) is 0 Å². The van der Waals surface area contributed by atoms with E-state index >= 15 is 0 Å². The van der Waals surface area contributed by atoms with E-state index in [4.69, 9.17) is 5.73 Å². The molecule has 3 nitrogen and oxygen atoms in total. The molecule has 0 radical (unpaired) electrons. The lowest BCUT2D eigenvalue weighted by Gasteiger charge is -2.47. The minimum Gasteiger partial charge on any atom is -0.351 e. The van der Waals surface area contributed by atoms with Crippen LogP contribution in [0.5, 0.6) is 0 Å². The third-order valence-corrected chi connectivity index (χ3v) is 3.52. The molecule has 0 aliphatic carbocycles. The SMILES string of the molecule is CCC(C(C)C)(C(C)C)N(C)C(N)=O. The van der Waals surface area contributed by atoms with Crippen LogP contribution >= 0.6 is 0 Å². The molecular weight excluding hydrogens is 176 g/mol. The third-order valence-electron chi connectivity index (χ3n) is 3.52. The summed E-state index contributed by atoms with van der Waals surface area (Å²) in [5.41, 5.74) is 5.24. The molecule has 0 atom stereocenters. The van der Waals surface area contributed by atoms with E-state index in [1.807, 2.05) is 0 Å². The van der Waals surface area contributed by atoms with Crippen molar-refractivity contribution in [2.24, 2.45) is 17.6 Å². The Balaban J connectivity index is 5.13.